The molecule has 5 nitrogen and oxygen atoms in total. The average Bonchev–Trinajstić information content (AvgIpc) is 2.81. The Morgan fingerprint density at radius 1 is 1.35 bits per heavy atom. The van der Waals surface area contributed by atoms with Crippen molar-refractivity contribution >= 4 is 11.4 Å². The Labute approximate surface area is 117 Å². The van der Waals surface area contributed by atoms with E-state index in [2.05, 4.69) is 10.3 Å². The van der Waals surface area contributed by atoms with Gasteiger partial charge >= 0.3 is 0 Å². The average molecular weight is 271 g/mol. The number of hydrogen-bond donors (Lipinski definition) is 2. The van der Waals surface area contributed by atoms with E-state index >= 15 is 0 Å². The van der Waals surface area contributed by atoms with Gasteiger partial charge in [0.05, 0.1) is 23.6 Å². The van der Waals surface area contributed by atoms with Crippen molar-refractivity contribution in [2.24, 2.45) is 0 Å². The van der Waals surface area contributed by atoms with Crippen LogP contribution in [0.25, 0.3) is 0 Å². The van der Waals surface area contributed by atoms with E-state index in [1.165, 1.54) is 0 Å². The number of hydrogen-bond acceptors (Lipinski definition) is 5. The van der Waals surface area contributed by atoms with Crippen LogP contribution in [0.5, 0.6) is 11.5 Å². The Morgan fingerprint density at radius 2 is 2.20 bits per heavy atom. The van der Waals surface area contributed by atoms with Crippen LogP contribution >= 0.6 is 0 Å². The van der Waals surface area contributed by atoms with Crippen molar-refractivity contribution < 1.29 is 9.84 Å². The van der Waals surface area contributed by atoms with Crippen LogP contribution in [-0.2, 0) is 0 Å². The van der Waals surface area contributed by atoms with E-state index < -0.39 is 0 Å². The summed E-state index contributed by atoms with van der Waals surface area (Å²) >= 11 is 0. The van der Waals surface area contributed by atoms with Crippen LogP contribution in [0.4, 0.5) is 11.4 Å². The molecule has 2 N–H and O–H groups in total. The maximum atomic E-state index is 9.47. The first-order valence-corrected chi connectivity index (χ1v) is 6.49. The monoisotopic (exact) mass is 271 g/mol. The van der Waals surface area contributed by atoms with Crippen molar-refractivity contribution in [2.45, 2.75) is 6.04 Å². The van der Waals surface area contributed by atoms with Crippen LogP contribution in [0.1, 0.15) is 11.6 Å². The van der Waals surface area contributed by atoms with Gasteiger partial charge in [-0.3, -0.25) is 4.98 Å². The molecule has 1 atom stereocenters. The molecule has 2 aromatic rings. The lowest BCUT2D eigenvalue weighted by molar-refractivity contribution is 0.338. The van der Waals surface area contributed by atoms with Gasteiger partial charge in [0.2, 0.25) is 0 Å². The second-order valence-electron chi connectivity index (χ2n) is 5.02. The van der Waals surface area contributed by atoms with E-state index in [1.807, 2.05) is 37.3 Å². The van der Waals surface area contributed by atoms with Gasteiger partial charge in [-0.2, -0.15) is 0 Å². The lowest BCUT2D eigenvalue weighted by Crippen LogP contribution is -2.16. The number of nitrogens with zero attached hydrogens (tertiary/aromatic N) is 2. The molecular formula is C15H17N3O2. The Bertz CT molecular complexity index is 628. The molecule has 0 saturated heterocycles. The van der Waals surface area contributed by atoms with E-state index in [0.29, 0.717) is 6.61 Å². The minimum absolute atomic E-state index is 0.0634. The third kappa shape index (κ3) is 2.22. The van der Waals surface area contributed by atoms with E-state index in [9.17, 15) is 5.11 Å². The van der Waals surface area contributed by atoms with Crippen LogP contribution in [-0.4, -0.2) is 30.8 Å². The highest BCUT2D eigenvalue weighted by molar-refractivity contribution is 5.69. The highest BCUT2D eigenvalue weighted by atomic mass is 16.5. The Balaban J connectivity index is 1.88. The van der Waals surface area contributed by atoms with Gasteiger partial charge in [0, 0.05) is 31.9 Å². The Kier molecular flexibility index (Phi) is 3.10. The van der Waals surface area contributed by atoms with Crippen LogP contribution in [0.2, 0.25) is 0 Å². The van der Waals surface area contributed by atoms with Gasteiger partial charge < -0.3 is 20.1 Å². The fourth-order valence-electron chi connectivity index (χ4n) is 2.39. The van der Waals surface area contributed by atoms with Crippen molar-refractivity contribution in [3.63, 3.8) is 0 Å². The van der Waals surface area contributed by atoms with Crippen molar-refractivity contribution in [1.29, 1.82) is 0 Å². The zero-order valence-electron chi connectivity index (χ0n) is 11.5. The van der Waals surface area contributed by atoms with Gasteiger partial charge in [-0.1, -0.05) is 0 Å². The topological polar surface area (TPSA) is 57.6 Å². The molecule has 0 radical (unpaired) electrons. The number of benzene rings is 1. The van der Waals surface area contributed by atoms with Crippen molar-refractivity contribution in [3.05, 3.63) is 42.2 Å². The van der Waals surface area contributed by atoms with Crippen molar-refractivity contribution in [3.8, 4) is 11.5 Å². The second-order valence-corrected chi connectivity index (χ2v) is 5.02. The molecule has 0 amide bonds. The minimum Gasteiger partial charge on any atom is -0.508 e. The number of fused-ring (bicyclic) bond motifs is 1. The normalized spacial score (nSPS) is 16.4. The zero-order chi connectivity index (χ0) is 14.1. The molecule has 3 rings (SSSR count). The first-order chi connectivity index (χ1) is 9.65. The number of rotatable bonds is 3. The van der Waals surface area contributed by atoms with Gasteiger partial charge in [0.25, 0.3) is 0 Å². The molecule has 1 aromatic heterocycles. The maximum Gasteiger partial charge on any atom is 0.128 e. The number of nitrogens with one attached hydrogen (secondary N) is 1. The quantitative estimate of drug-likeness (QED) is 0.897. The number of anilines is 2. The van der Waals surface area contributed by atoms with Gasteiger partial charge in [0.1, 0.15) is 18.1 Å². The van der Waals surface area contributed by atoms with Crippen LogP contribution in [0, 0.1) is 0 Å². The first kappa shape index (κ1) is 12.6. The lowest BCUT2D eigenvalue weighted by atomic mass is 10.1. The number of pyridine rings is 1. The smallest absolute Gasteiger partial charge is 0.128 e. The third-order valence-corrected chi connectivity index (χ3v) is 3.39. The molecule has 1 aromatic carbocycles. The summed E-state index contributed by atoms with van der Waals surface area (Å²) in [6.07, 6.45) is 3.59. The van der Waals surface area contributed by atoms with E-state index in [1.54, 1.807) is 18.3 Å². The largest absolute Gasteiger partial charge is 0.508 e. The highest BCUT2D eigenvalue weighted by Gasteiger charge is 2.25. The van der Waals surface area contributed by atoms with Gasteiger partial charge in [-0.25, -0.2) is 0 Å². The summed E-state index contributed by atoms with van der Waals surface area (Å²) in [6, 6.07) is 7.25. The maximum absolute atomic E-state index is 9.47. The van der Waals surface area contributed by atoms with Crippen LogP contribution < -0.4 is 15.0 Å². The molecule has 5 heteroatoms. The lowest BCUT2D eigenvalue weighted by Gasteiger charge is -2.20. The predicted molar refractivity (Wildman–Crippen MR) is 78.5 cm³/mol. The number of ether oxygens (including phenoxy) is 1. The molecule has 104 valence electrons. The molecule has 1 aliphatic heterocycles. The summed E-state index contributed by atoms with van der Waals surface area (Å²) in [5, 5.41) is 12.9. The standard InChI is InChI=1S/C15H17N3O2/c1-18(2)14-5-6-16-8-12(14)17-13-9-20-15-7-10(19)3-4-11(13)15/h3-8,13,17,19H,9H2,1-2H3. The molecule has 0 aliphatic carbocycles. The summed E-state index contributed by atoms with van der Waals surface area (Å²) in [4.78, 5) is 6.21. The molecular weight excluding hydrogens is 254 g/mol. The second kappa shape index (κ2) is 4.92. The molecule has 2 heterocycles. The van der Waals surface area contributed by atoms with Crippen LogP contribution in [0.15, 0.2) is 36.7 Å². The third-order valence-electron chi connectivity index (χ3n) is 3.39. The van der Waals surface area contributed by atoms with Gasteiger partial charge in [-0.05, 0) is 18.2 Å². The molecule has 1 unspecified atom stereocenters. The summed E-state index contributed by atoms with van der Waals surface area (Å²) < 4.78 is 5.61. The minimum atomic E-state index is 0.0634. The SMILES string of the molecule is CN(C)c1ccncc1NC1COc2cc(O)ccc21. The molecule has 1 aliphatic rings. The van der Waals surface area contributed by atoms with E-state index in [-0.39, 0.29) is 11.8 Å². The number of phenols is 1. The molecule has 0 bridgehead atoms. The summed E-state index contributed by atoms with van der Waals surface area (Å²) in [5.41, 5.74) is 3.09. The summed E-state index contributed by atoms with van der Waals surface area (Å²) in [5.74, 6) is 0.956. The van der Waals surface area contributed by atoms with Gasteiger partial charge in [-0.15, -0.1) is 0 Å². The number of aromatic nitrogens is 1. The molecule has 0 fully saturated rings. The number of phenolic OH excluding ortho intramolecular Hbond substituents is 1. The zero-order valence-corrected chi connectivity index (χ0v) is 11.5. The number of aromatic hydroxyl groups is 1. The Hall–Kier alpha value is -2.43. The van der Waals surface area contributed by atoms with Gasteiger partial charge in [0.15, 0.2) is 0 Å². The fourth-order valence-corrected chi connectivity index (χ4v) is 2.39. The van der Waals surface area contributed by atoms with E-state index in [0.717, 1.165) is 22.7 Å². The first-order valence-electron chi connectivity index (χ1n) is 6.49. The molecule has 20 heavy (non-hydrogen) atoms. The molecule has 0 saturated carbocycles. The molecule has 0 spiro atoms. The summed E-state index contributed by atoms with van der Waals surface area (Å²) in [7, 11) is 4.00. The fraction of sp³-hybridized carbons (Fsp3) is 0.267. The van der Waals surface area contributed by atoms with Crippen LogP contribution in [0.3, 0.4) is 0 Å². The summed E-state index contributed by atoms with van der Waals surface area (Å²) in [6.45, 7) is 0.542. The van der Waals surface area contributed by atoms with Crippen molar-refractivity contribution in [1.82, 2.24) is 4.98 Å². The van der Waals surface area contributed by atoms with E-state index in [4.69, 9.17) is 4.74 Å². The van der Waals surface area contributed by atoms with Crippen molar-refractivity contribution in [2.75, 3.05) is 30.9 Å². The Morgan fingerprint density at radius 3 is 3.00 bits per heavy atom. The predicted octanol–water partition coefficient (Wildman–Crippen LogP) is 2.40. The highest BCUT2D eigenvalue weighted by Crippen LogP contribution is 2.37.